The molecule has 1 unspecified atom stereocenters. The second kappa shape index (κ2) is 5.40. The van der Waals surface area contributed by atoms with Gasteiger partial charge in [0.1, 0.15) is 5.75 Å². The second-order valence-electron chi connectivity index (χ2n) is 7.32. The summed E-state index contributed by atoms with van der Waals surface area (Å²) < 4.78 is 5.42. The van der Waals surface area contributed by atoms with Crippen molar-refractivity contribution in [2.75, 3.05) is 13.7 Å². The highest BCUT2D eigenvalue weighted by Crippen LogP contribution is 2.67. The van der Waals surface area contributed by atoms with Crippen LogP contribution in [0.5, 0.6) is 5.75 Å². The molecule has 0 spiro atoms. The maximum atomic E-state index is 5.42. The molecule has 112 valence electrons. The maximum Gasteiger partial charge on any atom is 0.122 e. The van der Waals surface area contributed by atoms with E-state index >= 15 is 0 Å². The standard InChI is InChI=1S/C18H29NO/c1-13(11-14-9-7-8-10-15(14)20-6)19-12-16-17(2,3)18(16,4)5/h7-10,13,16,19H,11-12H2,1-6H3. The minimum Gasteiger partial charge on any atom is -0.496 e. The molecule has 0 saturated heterocycles. The maximum absolute atomic E-state index is 5.42. The first-order chi connectivity index (χ1) is 9.30. The quantitative estimate of drug-likeness (QED) is 0.850. The van der Waals surface area contributed by atoms with Crippen molar-refractivity contribution in [1.29, 1.82) is 0 Å². The predicted molar refractivity (Wildman–Crippen MR) is 85.2 cm³/mol. The summed E-state index contributed by atoms with van der Waals surface area (Å²) in [6.45, 7) is 12.9. The molecule has 1 aromatic carbocycles. The highest BCUT2D eigenvalue weighted by molar-refractivity contribution is 5.33. The highest BCUT2D eigenvalue weighted by atomic mass is 16.5. The summed E-state index contributed by atoms with van der Waals surface area (Å²) in [7, 11) is 1.74. The Balaban J connectivity index is 1.86. The number of benzene rings is 1. The smallest absolute Gasteiger partial charge is 0.122 e. The van der Waals surface area contributed by atoms with Gasteiger partial charge in [-0.1, -0.05) is 45.9 Å². The van der Waals surface area contributed by atoms with E-state index in [4.69, 9.17) is 4.74 Å². The summed E-state index contributed by atoms with van der Waals surface area (Å²) in [5.41, 5.74) is 2.21. The summed E-state index contributed by atoms with van der Waals surface area (Å²) in [5.74, 6) is 1.77. The number of hydrogen-bond donors (Lipinski definition) is 1. The Bertz CT molecular complexity index is 450. The number of nitrogens with one attached hydrogen (secondary N) is 1. The van der Waals surface area contributed by atoms with Gasteiger partial charge >= 0.3 is 0 Å². The largest absolute Gasteiger partial charge is 0.496 e. The van der Waals surface area contributed by atoms with Crippen molar-refractivity contribution in [3.05, 3.63) is 29.8 Å². The van der Waals surface area contributed by atoms with E-state index in [0.717, 1.165) is 24.6 Å². The lowest BCUT2D eigenvalue weighted by Crippen LogP contribution is -2.31. The Morgan fingerprint density at radius 3 is 2.30 bits per heavy atom. The Morgan fingerprint density at radius 2 is 1.75 bits per heavy atom. The van der Waals surface area contributed by atoms with E-state index in [1.807, 2.05) is 12.1 Å². The summed E-state index contributed by atoms with van der Waals surface area (Å²) >= 11 is 0. The van der Waals surface area contributed by atoms with Crippen molar-refractivity contribution >= 4 is 0 Å². The molecule has 0 heterocycles. The fourth-order valence-corrected chi connectivity index (χ4v) is 3.44. The van der Waals surface area contributed by atoms with E-state index in [1.165, 1.54) is 5.56 Å². The van der Waals surface area contributed by atoms with Crippen LogP contribution in [0.25, 0.3) is 0 Å². The second-order valence-corrected chi connectivity index (χ2v) is 7.32. The fourth-order valence-electron chi connectivity index (χ4n) is 3.44. The first-order valence-corrected chi connectivity index (χ1v) is 7.66. The molecule has 2 rings (SSSR count). The molecule has 1 atom stereocenters. The Morgan fingerprint density at radius 1 is 1.15 bits per heavy atom. The fraction of sp³-hybridized carbons (Fsp3) is 0.667. The number of methoxy groups -OCH3 is 1. The topological polar surface area (TPSA) is 21.3 Å². The van der Waals surface area contributed by atoms with Crippen LogP contribution in [0.2, 0.25) is 0 Å². The van der Waals surface area contributed by atoms with Gasteiger partial charge < -0.3 is 10.1 Å². The van der Waals surface area contributed by atoms with Crippen molar-refractivity contribution in [2.24, 2.45) is 16.7 Å². The van der Waals surface area contributed by atoms with Crippen molar-refractivity contribution in [1.82, 2.24) is 5.32 Å². The van der Waals surface area contributed by atoms with Crippen LogP contribution in [0.15, 0.2) is 24.3 Å². The van der Waals surface area contributed by atoms with Gasteiger partial charge in [-0.15, -0.1) is 0 Å². The van der Waals surface area contributed by atoms with Gasteiger partial charge in [-0.05, 0) is 48.3 Å². The summed E-state index contributed by atoms with van der Waals surface area (Å²) in [4.78, 5) is 0. The zero-order valence-electron chi connectivity index (χ0n) is 13.8. The van der Waals surface area contributed by atoms with Gasteiger partial charge in [0.2, 0.25) is 0 Å². The third kappa shape index (κ3) is 2.71. The van der Waals surface area contributed by atoms with E-state index in [9.17, 15) is 0 Å². The molecule has 1 aliphatic carbocycles. The van der Waals surface area contributed by atoms with Crippen LogP contribution in [-0.2, 0) is 6.42 Å². The van der Waals surface area contributed by atoms with E-state index < -0.39 is 0 Å². The molecule has 0 bridgehead atoms. The molecule has 0 aliphatic heterocycles. The number of rotatable bonds is 6. The van der Waals surface area contributed by atoms with Crippen molar-refractivity contribution in [3.63, 3.8) is 0 Å². The highest BCUT2D eigenvalue weighted by Gasteiger charge is 2.63. The van der Waals surface area contributed by atoms with Crippen LogP contribution < -0.4 is 10.1 Å². The average Bonchev–Trinajstić information content (AvgIpc) is 2.78. The van der Waals surface area contributed by atoms with Gasteiger partial charge in [-0.25, -0.2) is 0 Å². The van der Waals surface area contributed by atoms with Gasteiger partial charge in [-0.3, -0.25) is 0 Å². The number of hydrogen-bond acceptors (Lipinski definition) is 2. The van der Waals surface area contributed by atoms with Crippen LogP contribution in [0.3, 0.4) is 0 Å². The zero-order chi connectivity index (χ0) is 15.0. The van der Waals surface area contributed by atoms with Crippen LogP contribution in [0, 0.1) is 16.7 Å². The number of para-hydroxylation sites is 1. The molecule has 1 saturated carbocycles. The Kier molecular flexibility index (Phi) is 4.15. The molecule has 0 aromatic heterocycles. The molecular weight excluding hydrogens is 246 g/mol. The van der Waals surface area contributed by atoms with E-state index in [1.54, 1.807) is 7.11 Å². The van der Waals surface area contributed by atoms with E-state index in [0.29, 0.717) is 16.9 Å². The van der Waals surface area contributed by atoms with Crippen molar-refractivity contribution < 1.29 is 4.74 Å². The summed E-state index contributed by atoms with van der Waals surface area (Å²) in [6, 6.07) is 8.77. The van der Waals surface area contributed by atoms with Crippen LogP contribution in [-0.4, -0.2) is 19.7 Å². The van der Waals surface area contributed by atoms with Gasteiger partial charge in [-0.2, -0.15) is 0 Å². The monoisotopic (exact) mass is 275 g/mol. The first kappa shape index (κ1) is 15.4. The Hall–Kier alpha value is -1.02. The normalized spacial score (nSPS) is 21.5. The summed E-state index contributed by atoms with van der Waals surface area (Å²) in [5, 5.41) is 3.70. The molecule has 1 fully saturated rings. The molecule has 20 heavy (non-hydrogen) atoms. The molecular formula is C18H29NO. The minimum atomic E-state index is 0.462. The average molecular weight is 275 g/mol. The summed E-state index contributed by atoms with van der Waals surface area (Å²) in [6.07, 6.45) is 1.01. The van der Waals surface area contributed by atoms with E-state index in [-0.39, 0.29) is 0 Å². The molecule has 0 amide bonds. The van der Waals surface area contributed by atoms with Crippen LogP contribution in [0.1, 0.15) is 40.2 Å². The van der Waals surface area contributed by atoms with Crippen LogP contribution >= 0.6 is 0 Å². The van der Waals surface area contributed by atoms with Gasteiger partial charge in [0.15, 0.2) is 0 Å². The SMILES string of the molecule is COc1ccccc1CC(C)NCC1C(C)(C)C1(C)C. The predicted octanol–water partition coefficient (Wildman–Crippen LogP) is 3.90. The molecule has 2 heteroatoms. The molecule has 1 aliphatic rings. The van der Waals surface area contributed by atoms with Crippen molar-refractivity contribution in [3.8, 4) is 5.75 Å². The third-order valence-electron chi connectivity index (χ3n) is 5.71. The lowest BCUT2D eigenvalue weighted by Gasteiger charge is -2.16. The van der Waals surface area contributed by atoms with Crippen LogP contribution in [0.4, 0.5) is 0 Å². The number of ether oxygens (including phenoxy) is 1. The zero-order valence-corrected chi connectivity index (χ0v) is 13.8. The van der Waals surface area contributed by atoms with Crippen molar-refractivity contribution in [2.45, 2.75) is 47.1 Å². The van der Waals surface area contributed by atoms with E-state index in [2.05, 4.69) is 52.1 Å². The molecule has 1 aromatic rings. The van der Waals surface area contributed by atoms with Gasteiger partial charge in [0.05, 0.1) is 7.11 Å². The van der Waals surface area contributed by atoms with Gasteiger partial charge in [0, 0.05) is 6.04 Å². The Labute approximate surface area is 123 Å². The minimum absolute atomic E-state index is 0.462. The lowest BCUT2D eigenvalue weighted by atomic mass is 10.0. The van der Waals surface area contributed by atoms with Gasteiger partial charge in [0.25, 0.3) is 0 Å². The molecule has 1 N–H and O–H groups in total. The molecule has 2 nitrogen and oxygen atoms in total. The lowest BCUT2D eigenvalue weighted by molar-refractivity contribution is 0.404. The first-order valence-electron chi connectivity index (χ1n) is 7.66. The third-order valence-corrected chi connectivity index (χ3v) is 5.71. The molecule has 0 radical (unpaired) electrons.